The van der Waals surface area contributed by atoms with Crippen LogP contribution >= 0.6 is 0 Å². The van der Waals surface area contributed by atoms with Gasteiger partial charge in [0.25, 0.3) is 0 Å². The van der Waals surface area contributed by atoms with E-state index in [2.05, 4.69) is 19.2 Å². The molecule has 0 aliphatic heterocycles. The third-order valence-electron chi connectivity index (χ3n) is 2.87. The number of amides is 1. The largest absolute Gasteiger partial charge is 0.493 e. The minimum Gasteiger partial charge on any atom is -0.493 e. The lowest BCUT2D eigenvalue weighted by molar-refractivity contribution is -0.116. The highest BCUT2D eigenvalue weighted by Crippen LogP contribution is 2.19. The molecule has 1 aromatic carbocycles. The first kappa shape index (κ1) is 16.3. The van der Waals surface area contributed by atoms with Gasteiger partial charge in [-0.05, 0) is 25.0 Å². The van der Waals surface area contributed by atoms with Crippen LogP contribution in [-0.2, 0) is 4.79 Å². The summed E-state index contributed by atoms with van der Waals surface area (Å²) in [6.45, 7) is 5.65. The van der Waals surface area contributed by atoms with Gasteiger partial charge >= 0.3 is 0 Å². The quantitative estimate of drug-likeness (QED) is 0.550. The smallest absolute Gasteiger partial charge is 0.244 e. The fourth-order valence-electron chi connectivity index (χ4n) is 1.77. The van der Waals surface area contributed by atoms with E-state index in [-0.39, 0.29) is 5.91 Å². The first-order valence-corrected chi connectivity index (χ1v) is 7.45. The number of carbonyl (C=O) groups is 1. The molecule has 0 unspecified atom stereocenters. The van der Waals surface area contributed by atoms with Gasteiger partial charge in [-0.1, -0.05) is 44.9 Å². The topological polar surface area (TPSA) is 38.3 Å². The minimum absolute atomic E-state index is 0.0496. The maximum absolute atomic E-state index is 11.7. The molecule has 0 bridgehead atoms. The van der Waals surface area contributed by atoms with Crippen LogP contribution in [-0.4, -0.2) is 19.1 Å². The second-order valence-electron chi connectivity index (χ2n) is 4.72. The lowest BCUT2D eigenvalue weighted by Gasteiger charge is -2.07. The second-order valence-corrected chi connectivity index (χ2v) is 4.72. The Morgan fingerprint density at radius 1 is 1.20 bits per heavy atom. The second kappa shape index (κ2) is 10.1. The molecule has 0 aliphatic rings. The average Bonchev–Trinajstić information content (AvgIpc) is 2.48. The van der Waals surface area contributed by atoms with Crippen molar-refractivity contribution in [2.45, 2.75) is 39.5 Å². The van der Waals surface area contributed by atoms with Crippen molar-refractivity contribution in [2.24, 2.45) is 0 Å². The highest BCUT2D eigenvalue weighted by molar-refractivity contribution is 5.92. The van der Waals surface area contributed by atoms with Crippen molar-refractivity contribution in [3.8, 4) is 5.75 Å². The van der Waals surface area contributed by atoms with Gasteiger partial charge < -0.3 is 10.1 Å². The van der Waals surface area contributed by atoms with Gasteiger partial charge in [-0.3, -0.25) is 4.79 Å². The molecule has 0 saturated carbocycles. The summed E-state index contributed by atoms with van der Waals surface area (Å²) in [5.41, 5.74) is 0.935. The summed E-state index contributed by atoms with van der Waals surface area (Å²) in [5.74, 6) is 0.774. The molecule has 3 nitrogen and oxygen atoms in total. The normalized spacial score (nSPS) is 10.7. The van der Waals surface area contributed by atoms with E-state index in [9.17, 15) is 4.79 Å². The predicted octanol–water partition coefficient (Wildman–Crippen LogP) is 3.80. The van der Waals surface area contributed by atoms with Crippen LogP contribution in [0.25, 0.3) is 6.08 Å². The van der Waals surface area contributed by atoms with Crippen LogP contribution in [0.5, 0.6) is 5.75 Å². The fourth-order valence-corrected chi connectivity index (χ4v) is 1.77. The van der Waals surface area contributed by atoms with Gasteiger partial charge in [0.2, 0.25) is 5.91 Å². The molecule has 110 valence electrons. The summed E-state index contributed by atoms with van der Waals surface area (Å²) in [7, 11) is 0. The predicted molar refractivity (Wildman–Crippen MR) is 83.8 cm³/mol. The molecule has 0 spiro atoms. The molecule has 0 aromatic heterocycles. The number of nitrogens with one attached hydrogen (secondary N) is 1. The maximum Gasteiger partial charge on any atom is 0.244 e. The molecule has 20 heavy (non-hydrogen) atoms. The van der Waals surface area contributed by atoms with Gasteiger partial charge in [0.1, 0.15) is 5.75 Å². The Hall–Kier alpha value is -1.77. The van der Waals surface area contributed by atoms with Crippen molar-refractivity contribution in [2.75, 3.05) is 13.2 Å². The number of para-hydroxylation sites is 1. The van der Waals surface area contributed by atoms with Crippen LogP contribution in [0.1, 0.15) is 45.1 Å². The number of ether oxygens (including phenoxy) is 1. The van der Waals surface area contributed by atoms with Gasteiger partial charge in [-0.2, -0.15) is 0 Å². The van der Waals surface area contributed by atoms with Crippen LogP contribution < -0.4 is 10.1 Å². The molecule has 1 N–H and O–H groups in total. The zero-order valence-corrected chi connectivity index (χ0v) is 12.5. The third-order valence-corrected chi connectivity index (χ3v) is 2.87. The summed E-state index contributed by atoms with van der Waals surface area (Å²) < 4.78 is 5.65. The van der Waals surface area contributed by atoms with Crippen molar-refractivity contribution in [3.05, 3.63) is 35.9 Å². The fraction of sp³-hybridized carbons (Fsp3) is 0.471. The van der Waals surface area contributed by atoms with Gasteiger partial charge in [0.05, 0.1) is 6.61 Å². The van der Waals surface area contributed by atoms with Crippen LogP contribution in [0.4, 0.5) is 0 Å². The lowest BCUT2D eigenvalue weighted by atomic mass is 10.2. The van der Waals surface area contributed by atoms with E-state index < -0.39 is 0 Å². The van der Waals surface area contributed by atoms with Crippen molar-refractivity contribution in [1.29, 1.82) is 0 Å². The third kappa shape index (κ3) is 6.41. The summed E-state index contributed by atoms with van der Waals surface area (Å²) in [6, 6.07) is 7.76. The Kier molecular flexibility index (Phi) is 8.20. The number of hydrogen-bond acceptors (Lipinski definition) is 2. The zero-order valence-electron chi connectivity index (χ0n) is 12.5. The van der Waals surface area contributed by atoms with Gasteiger partial charge in [0, 0.05) is 18.2 Å². The van der Waals surface area contributed by atoms with E-state index in [0.29, 0.717) is 6.61 Å². The van der Waals surface area contributed by atoms with Crippen LogP contribution in [0.15, 0.2) is 30.3 Å². The summed E-state index contributed by atoms with van der Waals surface area (Å²) in [6.07, 6.45) is 7.69. The first-order valence-electron chi connectivity index (χ1n) is 7.45. The number of benzene rings is 1. The van der Waals surface area contributed by atoms with Crippen LogP contribution in [0.2, 0.25) is 0 Å². The standard InChI is InChI=1S/C17H25NO2/c1-3-5-8-13-18-17(19)12-11-15-9-6-7-10-16(15)20-14-4-2/h6-7,9-12H,3-5,8,13-14H2,1-2H3,(H,18,19)/b12-11+. The van der Waals surface area contributed by atoms with Crippen LogP contribution in [0, 0.1) is 0 Å². The molecule has 0 saturated heterocycles. The summed E-state index contributed by atoms with van der Waals surface area (Å²) in [5, 5.41) is 2.88. The molecular formula is C17H25NO2. The van der Waals surface area contributed by atoms with Crippen molar-refractivity contribution < 1.29 is 9.53 Å². The molecule has 0 aliphatic carbocycles. The van der Waals surface area contributed by atoms with E-state index in [1.165, 1.54) is 0 Å². The maximum atomic E-state index is 11.7. The SMILES string of the molecule is CCCCCNC(=O)/C=C/c1ccccc1OCCC. The molecule has 1 rings (SSSR count). The average molecular weight is 275 g/mol. The van der Waals surface area contributed by atoms with Gasteiger partial charge in [-0.15, -0.1) is 0 Å². The van der Waals surface area contributed by atoms with Crippen molar-refractivity contribution in [3.63, 3.8) is 0 Å². The Bertz CT molecular complexity index is 427. The molecule has 1 amide bonds. The summed E-state index contributed by atoms with van der Waals surface area (Å²) in [4.78, 5) is 11.7. The molecule has 0 heterocycles. The first-order chi connectivity index (χ1) is 9.77. The van der Waals surface area contributed by atoms with E-state index >= 15 is 0 Å². The van der Waals surface area contributed by atoms with E-state index in [1.54, 1.807) is 12.2 Å². The monoisotopic (exact) mass is 275 g/mol. The number of rotatable bonds is 9. The van der Waals surface area contributed by atoms with E-state index in [0.717, 1.165) is 43.5 Å². The molecule has 0 atom stereocenters. The Balaban J connectivity index is 2.49. The molecule has 1 aromatic rings. The van der Waals surface area contributed by atoms with Gasteiger partial charge in [-0.25, -0.2) is 0 Å². The Morgan fingerprint density at radius 2 is 2.00 bits per heavy atom. The summed E-state index contributed by atoms with van der Waals surface area (Å²) >= 11 is 0. The highest BCUT2D eigenvalue weighted by atomic mass is 16.5. The lowest BCUT2D eigenvalue weighted by Crippen LogP contribution is -2.21. The van der Waals surface area contributed by atoms with Crippen molar-refractivity contribution in [1.82, 2.24) is 5.32 Å². The molecule has 3 heteroatoms. The molecule has 0 radical (unpaired) electrons. The highest BCUT2D eigenvalue weighted by Gasteiger charge is 2.00. The number of carbonyl (C=O) groups excluding carboxylic acids is 1. The minimum atomic E-state index is -0.0496. The van der Waals surface area contributed by atoms with E-state index in [4.69, 9.17) is 4.74 Å². The number of hydrogen-bond donors (Lipinski definition) is 1. The van der Waals surface area contributed by atoms with Gasteiger partial charge in [0.15, 0.2) is 0 Å². The Labute approximate surface area is 122 Å². The Morgan fingerprint density at radius 3 is 2.75 bits per heavy atom. The van der Waals surface area contributed by atoms with Crippen molar-refractivity contribution >= 4 is 12.0 Å². The van der Waals surface area contributed by atoms with Crippen LogP contribution in [0.3, 0.4) is 0 Å². The molecule has 0 fully saturated rings. The number of unbranched alkanes of at least 4 members (excludes halogenated alkanes) is 2. The zero-order chi connectivity index (χ0) is 14.6. The van der Waals surface area contributed by atoms with E-state index in [1.807, 2.05) is 24.3 Å². The molecular weight excluding hydrogens is 250 g/mol.